The average Bonchev–Trinajstić information content (AvgIpc) is 2.34. The molecule has 102 valence electrons. The van der Waals surface area contributed by atoms with Crippen molar-refractivity contribution in [1.82, 2.24) is 4.90 Å². The Bertz CT molecular complexity index is 344. The number of carbonyl (C=O) groups excluding carboxylic acids is 1. The largest absolute Gasteiger partial charge is 0.383 e. The van der Waals surface area contributed by atoms with Crippen molar-refractivity contribution in [3.05, 3.63) is 35.9 Å². The third-order valence-electron chi connectivity index (χ3n) is 2.48. The van der Waals surface area contributed by atoms with E-state index in [-0.39, 0.29) is 18.3 Å². The first-order chi connectivity index (χ1) is 8.15. The van der Waals surface area contributed by atoms with E-state index in [1.807, 2.05) is 30.3 Å². The van der Waals surface area contributed by atoms with Gasteiger partial charge in [0.25, 0.3) is 0 Å². The van der Waals surface area contributed by atoms with Gasteiger partial charge in [-0.15, -0.1) is 12.4 Å². The first-order valence-corrected chi connectivity index (χ1v) is 5.72. The molecule has 0 aliphatic rings. The molecule has 1 atom stereocenters. The molecule has 1 amide bonds. The molecule has 0 aliphatic carbocycles. The van der Waals surface area contributed by atoms with Crippen molar-refractivity contribution in [2.75, 3.05) is 20.3 Å². The van der Waals surface area contributed by atoms with Crippen LogP contribution in [0, 0.1) is 0 Å². The van der Waals surface area contributed by atoms with E-state index >= 15 is 0 Å². The zero-order valence-electron chi connectivity index (χ0n) is 10.8. The average molecular weight is 273 g/mol. The predicted octanol–water partition coefficient (Wildman–Crippen LogP) is 1.43. The molecule has 0 unspecified atom stereocenters. The number of nitrogens with zero attached hydrogens (tertiary/aromatic N) is 1. The topological polar surface area (TPSA) is 55.6 Å². The second kappa shape index (κ2) is 8.91. The Morgan fingerprint density at radius 1 is 1.39 bits per heavy atom. The van der Waals surface area contributed by atoms with Gasteiger partial charge in [-0.3, -0.25) is 4.79 Å². The van der Waals surface area contributed by atoms with E-state index in [1.54, 1.807) is 18.9 Å². The van der Waals surface area contributed by atoms with Crippen LogP contribution in [0.2, 0.25) is 0 Å². The summed E-state index contributed by atoms with van der Waals surface area (Å²) in [6.45, 7) is 3.36. The lowest BCUT2D eigenvalue weighted by Crippen LogP contribution is -2.43. The molecule has 0 saturated carbocycles. The Morgan fingerprint density at radius 3 is 2.50 bits per heavy atom. The van der Waals surface area contributed by atoms with E-state index in [0.29, 0.717) is 19.7 Å². The molecule has 0 spiro atoms. The molecule has 0 aliphatic heterocycles. The van der Waals surface area contributed by atoms with Crippen LogP contribution < -0.4 is 5.73 Å². The van der Waals surface area contributed by atoms with Gasteiger partial charge in [-0.05, 0) is 12.5 Å². The van der Waals surface area contributed by atoms with Crippen LogP contribution in [0.15, 0.2) is 30.3 Å². The van der Waals surface area contributed by atoms with Crippen LogP contribution in [-0.4, -0.2) is 37.1 Å². The van der Waals surface area contributed by atoms with Gasteiger partial charge in [0.05, 0.1) is 12.6 Å². The quantitative estimate of drug-likeness (QED) is 0.852. The third kappa shape index (κ3) is 5.49. The molecule has 1 rings (SSSR count). The van der Waals surface area contributed by atoms with Crippen LogP contribution in [0.25, 0.3) is 0 Å². The third-order valence-corrected chi connectivity index (χ3v) is 2.48. The number of amides is 1. The van der Waals surface area contributed by atoms with Gasteiger partial charge in [-0.2, -0.15) is 0 Å². The van der Waals surface area contributed by atoms with E-state index < -0.39 is 6.04 Å². The van der Waals surface area contributed by atoms with Crippen LogP contribution in [0.4, 0.5) is 0 Å². The Balaban J connectivity index is 0.00000289. The maximum Gasteiger partial charge on any atom is 0.239 e. The Kier molecular flexibility index (Phi) is 8.37. The van der Waals surface area contributed by atoms with E-state index in [0.717, 1.165) is 5.56 Å². The summed E-state index contributed by atoms with van der Waals surface area (Å²) >= 11 is 0. The highest BCUT2D eigenvalue weighted by molar-refractivity contribution is 5.85. The van der Waals surface area contributed by atoms with E-state index in [4.69, 9.17) is 10.5 Å². The van der Waals surface area contributed by atoms with Gasteiger partial charge in [0.15, 0.2) is 0 Å². The summed E-state index contributed by atoms with van der Waals surface area (Å²) in [6, 6.07) is 9.38. The fraction of sp³-hybridized carbons (Fsp3) is 0.462. The number of halogens is 1. The monoisotopic (exact) mass is 272 g/mol. The van der Waals surface area contributed by atoms with Crippen molar-refractivity contribution in [2.45, 2.75) is 19.5 Å². The summed E-state index contributed by atoms with van der Waals surface area (Å²) in [4.78, 5) is 13.6. The van der Waals surface area contributed by atoms with E-state index in [1.165, 1.54) is 0 Å². The lowest BCUT2D eigenvalue weighted by Gasteiger charge is -2.24. The van der Waals surface area contributed by atoms with Gasteiger partial charge in [-0.1, -0.05) is 30.3 Å². The second-order valence-electron chi connectivity index (χ2n) is 4.03. The second-order valence-corrected chi connectivity index (χ2v) is 4.03. The molecule has 0 heterocycles. The number of nitrogens with two attached hydrogens (primary N) is 1. The van der Waals surface area contributed by atoms with Crippen LogP contribution in [0.3, 0.4) is 0 Å². The zero-order chi connectivity index (χ0) is 12.7. The Morgan fingerprint density at radius 2 is 2.00 bits per heavy atom. The van der Waals surface area contributed by atoms with Crippen molar-refractivity contribution in [3.63, 3.8) is 0 Å². The van der Waals surface area contributed by atoms with Gasteiger partial charge in [0.1, 0.15) is 0 Å². The van der Waals surface area contributed by atoms with Crippen LogP contribution in [-0.2, 0) is 16.1 Å². The lowest BCUT2D eigenvalue weighted by molar-refractivity contribution is -0.133. The van der Waals surface area contributed by atoms with Crippen molar-refractivity contribution in [2.24, 2.45) is 5.73 Å². The number of hydrogen-bond donors (Lipinski definition) is 1. The van der Waals surface area contributed by atoms with E-state index in [2.05, 4.69) is 0 Å². The van der Waals surface area contributed by atoms with Gasteiger partial charge in [0, 0.05) is 20.2 Å². The van der Waals surface area contributed by atoms with Gasteiger partial charge < -0.3 is 15.4 Å². The minimum absolute atomic E-state index is 0. The standard InChI is InChI=1S/C13H20N2O2.ClH/c1-11(14)13(16)15(8-9-17-2)10-12-6-4-3-5-7-12;/h3-7,11H,8-10,14H2,1-2H3;1H/t11-;/m0./s1. The molecule has 0 radical (unpaired) electrons. The maximum atomic E-state index is 11.9. The molecule has 0 bridgehead atoms. The molecule has 0 fully saturated rings. The predicted molar refractivity (Wildman–Crippen MR) is 74.6 cm³/mol. The minimum Gasteiger partial charge on any atom is -0.383 e. The summed E-state index contributed by atoms with van der Waals surface area (Å²) in [5.74, 6) is -0.0501. The summed E-state index contributed by atoms with van der Waals surface area (Å²) in [6.07, 6.45) is 0. The van der Waals surface area contributed by atoms with Crippen molar-refractivity contribution < 1.29 is 9.53 Å². The number of rotatable bonds is 6. The molecule has 5 heteroatoms. The molecular formula is C13H21ClN2O2. The molecule has 4 nitrogen and oxygen atoms in total. The van der Waals surface area contributed by atoms with Gasteiger partial charge in [0.2, 0.25) is 5.91 Å². The first kappa shape index (κ1) is 16.9. The number of methoxy groups -OCH3 is 1. The highest BCUT2D eigenvalue weighted by atomic mass is 35.5. The lowest BCUT2D eigenvalue weighted by atomic mass is 10.2. The fourth-order valence-corrected chi connectivity index (χ4v) is 1.56. The smallest absolute Gasteiger partial charge is 0.239 e. The molecule has 2 N–H and O–H groups in total. The Hall–Kier alpha value is -1.10. The maximum absolute atomic E-state index is 11.9. The van der Waals surface area contributed by atoms with Gasteiger partial charge >= 0.3 is 0 Å². The summed E-state index contributed by atoms with van der Waals surface area (Å²) in [7, 11) is 1.62. The summed E-state index contributed by atoms with van der Waals surface area (Å²) < 4.78 is 5.01. The minimum atomic E-state index is -0.476. The van der Waals surface area contributed by atoms with Crippen LogP contribution >= 0.6 is 12.4 Å². The number of benzene rings is 1. The van der Waals surface area contributed by atoms with Gasteiger partial charge in [-0.25, -0.2) is 0 Å². The normalized spacial score (nSPS) is 11.5. The van der Waals surface area contributed by atoms with E-state index in [9.17, 15) is 4.79 Å². The molecule has 0 saturated heterocycles. The van der Waals surface area contributed by atoms with Crippen molar-refractivity contribution in [3.8, 4) is 0 Å². The van der Waals surface area contributed by atoms with Crippen LogP contribution in [0.1, 0.15) is 12.5 Å². The fourth-order valence-electron chi connectivity index (χ4n) is 1.56. The summed E-state index contributed by atoms with van der Waals surface area (Å²) in [5.41, 5.74) is 6.73. The SMILES string of the molecule is COCCN(Cc1ccccc1)C(=O)[C@H](C)N.Cl. The molecule has 1 aromatic rings. The number of ether oxygens (including phenoxy) is 1. The molecule has 1 aromatic carbocycles. The van der Waals surface area contributed by atoms with Crippen molar-refractivity contribution in [1.29, 1.82) is 0 Å². The summed E-state index contributed by atoms with van der Waals surface area (Å²) in [5, 5.41) is 0. The first-order valence-electron chi connectivity index (χ1n) is 5.72. The highest BCUT2D eigenvalue weighted by Crippen LogP contribution is 2.05. The number of carbonyl (C=O) groups is 1. The Labute approximate surface area is 115 Å². The molecule has 0 aromatic heterocycles. The molecule has 18 heavy (non-hydrogen) atoms. The zero-order valence-corrected chi connectivity index (χ0v) is 11.7. The number of hydrogen-bond acceptors (Lipinski definition) is 3. The highest BCUT2D eigenvalue weighted by Gasteiger charge is 2.17. The van der Waals surface area contributed by atoms with Crippen molar-refractivity contribution >= 4 is 18.3 Å². The molecular weight excluding hydrogens is 252 g/mol. The van der Waals surface area contributed by atoms with Crippen LogP contribution in [0.5, 0.6) is 0 Å².